The SMILES string of the molecule is CCOC(=O)C1=C(N)N2C(=O)[C@@H](C)SC2=C(C(=O)OCC)[C@@H]1c1ccc(O)cc1. The molecule has 1 aromatic carbocycles. The van der Waals surface area contributed by atoms with E-state index in [0.29, 0.717) is 10.6 Å². The molecule has 29 heavy (non-hydrogen) atoms. The smallest absolute Gasteiger partial charge is 0.338 e. The second-order valence-corrected chi connectivity index (χ2v) is 7.75. The third kappa shape index (κ3) is 3.57. The highest BCUT2D eigenvalue weighted by Crippen LogP contribution is 2.49. The molecule has 9 heteroatoms. The van der Waals surface area contributed by atoms with E-state index < -0.39 is 23.1 Å². The second-order valence-electron chi connectivity index (χ2n) is 6.42. The van der Waals surface area contributed by atoms with Crippen molar-refractivity contribution in [1.29, 1.82) is 0 Å². The average Bonchev–Trinajstić information content (AvgIpc) is 2.97. The highest BCUT2D eigenvalue weighted by molar-refractivity contribution is 8.04. The first-order valence-corrected chi connectivity index (χ1v) is 10.1. The van der Waals surface area contributed by atoms with Gasteiger partial charge in [0.2, 0.25) is 5.91 Å². The van der Waals surface area contributed by atoms with Gasteiger partial charge in [0.1, 0.15) is 11.6 Å². The highest BCUT2D eigenvalue weighted by atomic mass is 32.2. The van der Waals surface area contributed by atoms with Gasteiger partial charge in [0.25, 0.3) is 0 Å². The van der Waals surface area contributed by atoms with Crippen molar-refractivity contribution in [2.75, 3.05) is 13.2 Å². The van der Waals surface area contributed by atoms with Crippen LogP contribution >= 0.6 is 11.8 Å². The molecule has 154 valence electrons. The molecule has 2 aliphatic rings. The Morgan fingerprint density at radius 3 is 2.21 bits per heavy atom. The fourth-order valence-electron chi connectivity index (χ4n) is 3.35. The van der Waals surface area contributed by atoms with Crippen LogP contribution in [0.15, 0.2) is 46.3 Å². The lowest BCUT2D eigenvalue weighted by molar-refractivity contribution is -0.139. The van der Waals surface area contributed by atoms with E-state index in [2.05, 4.69) is 0 Å². The average molecular weight is 418 g/mol. The van der Waals surface area contributed by atoms with Gasteiger partial charge in [-0.2, -0.15) is 0 Å². The molecule has 0 aliphatic carbocycles. The van der Waals surface area contributed by atoms with Gasteiger partial charge >= 0.3 is 11.9 Å². The van der Waals surface area contributed by atoms with Gasteiger partial charge < -0.3 is 20.3 Å². The van der Waals surface area contributed by atoms with Gasteiger partial charge in [0.15, 0.2) is 0 Å². The summed E-state index contributed by atoms with van der Waals surface area (Å²) < 4.78 is 10.4. The van der Waals surface area contributed by atoms with Crippen LogP contribution in [-0.4, -0.2) is 46.3 Å². The van der Waals surface area contributed by atoms with Crippen molar-refractivity contribution in [2.24, 2.45) is 5.73 Å². The minimum Gasteiger partial charge on any atom is -0.508 e. The minimum absolute atomic E-state index is 0.00704. The Balaban J connectivity index is 2.28. The summed E-state index contributed by atoms with van der Waals surface area (Å²) in [6.07, 6.45) is 0. The molecule has 2 atom stereocenters. The number of phenolic OH excluding ortho intramolecular Hbond substituents is 1. The number of fused-ring (bicyclic) bond motifs is 1. The van der Waals surface area contributed by atoms with E-state index in [4.69, 9.17) is 15.2 Å². The Morgan fingerprint density at radius 1 is 1.10 bits per heavy atom. The first-order valence-electron chi connectivity index (χ1n) is 9.19. The van der Waals surface area contributed by atoms with Gasteiger partial charge in [-0.1, -0.05) is 23.9 Å². The molecule has 0 aromatic heterocycles. The number of thioether (sulfide) groups is 1. The van der Waals surface area contributed by atoms with Crippen molar-refractivity contribution in [3.8, 4) is 5.75 Å². The standard InChI is InChI=1S/C20H22N2O6S/c1-4-27-19(25)14-13(11-6-8-12(23)9-7-11)15(20(26)28-5-2)18-22(16(14)21)17(24)10(3)29-18/h6-10,13,23H,4-5,21H2,1-3H3/t10-,13-/m1/s1. The summed E-state index contributed by atoms with van der Waals surface area (Å²) in [4.78, 5) is 39.7. The quantitative estimate of drug-likeness (QED) is 0.697. The molecule has 3 rings (SSSR count). The number of hydrogen-bond acceptors (Lipinski definition) is 8. The lowest BCUT2D eigenvalue weighted by atomic mass is 9.82. The zero-order valence-corrected chi connectivity index (χ0v) is 17.1. The zero-order chi connectivity index (χ0) is 21.3. The Hall–Kier alpha value is -2.94. The van der Waals surface area contributed by atoms with Crippen molar-refractivity contribution in [2.45, 2.75) is 31.9 Å². The van der Waals surface area contributed by atoms with E-state index in [9.17, 15) is 19.5 Å². The first-order chi connectivity index (χ1) is 13.8. The maximum absolute atomic E-state index is 12.9. The largest absolute Gasteiger partial charge is 0.508 e. The Kier molecular flexibility index (Phi) is 5.88. The van der Waals surface area contributed by atoms with Crippen LogP contribution in [0.5, 0.6) is 5.75 Å². The summed E-state index contributed by atoms with van der Waals surface area (Å²) in [5.74, 6) is -2.62. The lowest BCUT2D eigenvalue weighted by Crippen LogP contribution is -2.40. The molecule has 1 aromatic rings. The molecule has 2 aliphatic heterocycles. The van der Waals surface area contributed by atoms with Gasteiger partial charge in [0.05, 0.1) is 40.6 Å². The number of benzene rings is 1. The number of rotatable bonds is 5. The Labute approximate surface area is 172 Å². The van der Waals surface area contributed by atoms with Crippen LogP contribution in [-0.2, 0) is 23.9 Å². The molecule has 0 radical (unpaired) electrons. The van der Waals surface area contributed by atoms with E-state index in [1.807, 2.05) is 0 Å². The number of ether oxygens (including phenoxy) is 2. The van der Waals surface area contributed by atoms with E-state index in [1.54, 1.807) is 32.9 Å². The third-order valence-corrected chi connectivity index (χ3v) is 5.78. The number of nitrogens with zero attached hydrogens (tertiary/aromatic N) is 1. The number of hydrogen-bond donors (Lipinski definition) is 2. The normalized spacial score (nSPS) is 21.3. The van der Waals surface area contributed by atoms with Crippen LogP contribution in [0.2, 0.25) is 0 Å². The molecule has 0 unspecified atom stereocenters. The molecule has 1 saturated heterocycles. The monoisotopic (exact) mass is 418 g/mol. The van der Waals surface area contributed by atoms with Crippen molar-refractivity contribution < 1.29 is 29.0 Å². The summed E-state index contributed by atoms with van der Waals surface area (Å²) in [5.41, 5.74) is 6.96. The minimum atomic E-state index is -0.898. The molecule has 0 saturated carbocycles. The van der Waals surface area contributed by atoms with Gasteiger partial charge in [-0.25, -0.2) is 9.59 Å². The summed E-state index contributed by atoms with van der Waals surface area (Å²) in [5, 5.41) is 9.53. The predicted octanol–water partition coefficient (Wildman–Crippen LogP) is 1.96. The molecule has 0 spiro atoms. The fourth-order valence-corrected chi connectivity index (χ4v) is 4.51. The van der Waals surface area contributed by atoms with E-state index in [0.717, 1.165) is 0 Å². The molecule has 3 N–H and O–H groups in total. The molecule has 0 bridgehead atoms. The van der Waals surface area contributed by atoms with Gasteiger partial charge in [-0.05, 0) is 38.5 Å². The number of phenols is 1. The summed E-state index contributed by atoms with van der Waals surface area (Å²) in [7, 11) is 0. The van der Waals surface area contributed by atoms with Crippen molar-refractivity contribution in [1.82, 2.24) is 4.90 Å². The molecule has 2 heterocycles. The Bertz CT molecular complexity index is 921. The first kappa shape index (κ1) is 20.8. The Morgan fingerprint density at radius 2 is 1.66 bits per heavy atom. The molecule has 8 nitrogen and oxygen atoms in total. The van der Waals surface area contributed by atoms with Crippen molar-refractivity contribution >= 4 is 29.6 Å². The van der Waals surface area contributed by atoms with Crippen LogP contribution in [0.25, 0.3) is 0 Å². The number of carbonyl (C=O) groups excluding carboxylic acids is 3. The summed E-state index contributed by atoms with van der Waals surface area (Å²) >= 11 is 1.19. The van der Waals surface area contributed by atoms with Gasteiger partial charge in [0, 0.05) is 0 Å². The van der Waals surface area contributed by atoms with Crippen LogP contribution in [0.1, 0.15) is 32.3 Å². The third-order valence-electron chi connectivity index (χ3n) is 4.60. The van der Waals surface area contributed by atoms with E-state index >= 15 is 0 Å². The fraction of sp³-hybridized carbons (Fsp3) is 0.350. The molecular weight excluding hydrogens is 396 g/mol. The van der Waals surface area contributed by atoms with Crippen molar-refractivity contribution in [3.05, 3.63) is 51.8 Å². The van der Waals surface area contributed by atoms with E-state index in [-0.39, 0.29) is 41.8 Å². The maximum Gasteiger partial charge on any atom is 0.338 e. The number of carbonyl (C=O) groups is 3. The van der Waals surface area contributed by atoms with Gasteiger partial charge in [-0.15, -0.1) is 0 Å². The van der Waals surface area contributed by atoms with Gasteiger partial charge in [-0.3, -0.25) is 9.69 Å². The predicted molar refractivity (Wildman–Crippen MR) is 106 cm³/mol. The maximum atomic E-state index is 12.9. The number of aromatic hydroxyl groups is 1. The van der Waals surface area contributed by atoms with Crippen LogP contribution in [0.3, 0.4) is 0 Å². The molecular formula is C20H22N2O6S. The number of amides is 1. The van der Waals surface area contributed by atoms with Crippen LogP contribution in [0, 0.1) is 0 Å². The van der Waals surface area contributed by atoms with E-state index in [1.165, 1.54) is 28.8 Å². The topological polar surface area (TPSA) is 119 Å². The summed E-state index contributed by atoms with van der Waals surface area (Å²) in [6.45, 7) is 5.25. The highest BCUT2D eigenvalue weighted by Gasteiger charge is 2.49. The van der Waals surface area contributed by atoms with Crippen LogP contribution < -0.4 is 5.73 Å². The molecule has 1 fully saturated rings. The lowest BCUT2D eigenvalue weighted by Gasteiger charge is -2.33. The number of esters is 2. The van der Waals surface area contributed by atoms with Crippen LogP contribution in [0.4, 0.5) is 0 Å². The zero-order valence-electron chi connectivity index (χ0n) is 16.3. The number of nitrogens with two attached hydrogens (primary N) is 1. The second kappa shape index (κ2) is 8.20. The van der Waals surface area contributed by atoms with Crippen molar-refractivity contribution in [3.63, 3.8) is 0 Å². The summed E-state index contributed by atoms with van der Waals surface area (Å²) in [6, 6.07) is 6.08. The molecule has 1 amide bonds.